The molecule has 0 bridgehead atoms. The molecule has 1 saturated carbocycles. The van der Waals surface area contributed by atoms with Gasteiger partial charge in [-0.3, -0.25) is 0 Å². The molecule has 0 heterocycles. The summed E-state index contributed by atoms with van der Waals surface area (Å²) in [5.74, 6) is 0. The molecule has 1 fully saturated rings. The van der Waals surface area contributed by atoms with E-state index in [0.717, 1.165) is 6.42 Å². The Bertz CT molecular complexity index is 255. The molecule has 58 valence electrons. The predicted octanol–water partition coefficient (Wildman–Crippen LogP) is 1.68. The summed E-state index contributed by atoms with van der Waals surface area (Å²) in [5, 5.41) is 0. The third-order valence-electron chi connectivity index (χ3n) is 2.74. The first-order chi connectivity index (χ1) is 5.23. The number of nitrogens with two attached hydrogens (primary N) is 1. The summed E-state index contributed by atoms with van der Waals surface area (Å²) in [5.41, 5.74) is 7.49. The van der Waals surface area contributed by atoms with Crippen molar-refractivity contribution < 1.29 is 0 Å². The molecule has 1 aromatic rings. The summed E-state index contributed by atoms with van der Waals surface area (Å²) in [6.07, 6.45) is 1.14. The highest BCUT2D eigenvalue weighted by molar-refractivity contribution is 5.34. The smallest absolute Gasteiger partial charge is 0.0143 e. The van der Waals surface area contributed by atoms with Crippen LogP contribution in [0, 0.1) is 0 Å². The lowest BCUT2D eigenvalue weighted by molar-refractivity contribution is 0.741. The Morgan fingerprint density at radius 1 is 1.36 bits per heavy atom. The third-order valence-corrected chi connectivity index (χ3v) is 2.74. The number of benzene rings is 1. The molecule has 0 saturated heterocycles. The molecule has 1 aliphatic rings. The van der Waals surface area contributed by atoms with Crippen LogP contribution in [-0.2, 0) is 5.41 Å². The SMILES string of the molecule is C[C@]1(c2ccccc2)C[C@H]1N. The first-order valence-corrected chi connectivity index (χ1v) is 4.04. The van der Waals surface area contributed by atoms with Crippen LogP contribution in [0.1, 0.15) is 18.9 Å². The number of hydrogen-bond donors (Lipinski definition) is 1. The lowest BCUT2D eigenvalue weighted by Gasteiger charge is -2.08. The maximum absolute atomic E-state index is 5.83. The molecule has 2 atom stereocenters. The van der Waals surface area contributed by atoms with Crippen molar-refractivity contribution in [1.29, 1.82) is 0 Å². The van der Waals surface area contributed by atoms with Gasteiger partial charge in [-0.05, 0) is 12.0 Å². The van der Waals surface area contributed by atoms with Gasteiger partial charge in [0.2, 0.25) is 0 Å². The van der Waals surface area contributed by atoms with E-state index >= 15 is 0 Å². The van der Waals surface area contributed by atoms with Gasteiger partial charge in [-0.25, -0.2) is 0 Å². The molecule has 0 amide bonds. The van der Waals surface area contributed by atoms with Crippen LogP contribution in [0.4, 0.5) is 0 Å². The van der Waals surface area contributed by atoms with Crippen molar-refractivity contribution in [2.24, 2.45) is 5.73 Å². The van der Waals surface area contributed by atoms with Gasteiger partial charge < -0.3 is 5.73 Å². The van der Waals surface area contributed by atoms with Gasteiger partial charge in [-0.1, -0.05) is 37.3 Å². The molecule has 0 aromatic heterocycles. The lowest BCUT2D eigenvalue weighted by Crippen LogP contribution is -2.14. The Hall–Kier alpha value is -0.820. The fourth-order valence-electron chi connectivity index (χ4n) is 1.55. The molecule has 2 rings (SSSR count). The Kier molecular flexibility index (Phi) is 1.30. The van der Waals surface area contributed by atoms with E-state index in [0.29, 0.717) is 6.04 Å². The molecular formula is C10H13N. The van der Waals surface area contributed by atoms with Gasteiger partial charge in [0.15, 0.2) is 0 Å². The molecular weight excluding hydrogens is 134 g/mol. The van der Waals surface area contributed by atoms with Crippen molar-refractivity contribution in [3.63, 3.8) is 0 Å². The van der Waals surface area contributed by atoms with Crippen LogP contribution < -0.4 is 5.73 Å². The first-order valence-electron chi connectivity index (χ1n) is 4.04. The summed E-state index contributed by atoms with van der Waals surface area (Å²) >= 11 is 0. The van der Waals surface area contributed by atoms with E-state index in [1.807, 2.05) is 6.07 Å². The van der Waals surface area contributed by atoms with E-state index in [1.165, 1.54) is 5.56 Å². The molecule has 11 heavy (non-hydrogen) atoms. The fourth-order valence-corrected chi connectivity index (χ4v) is 1.55. The normalized spacial score (nSPS) is 35.3. The average molecular weight is 147 g/mol. The quantitative estimate of drug-likeness (QED) is 0.642. The second-order valence-corrected chi connectivity index (χ2v) is 3.59. The molecule has 0 radical (unpaired) electrons. The fraction of sp³-hybridized carbons (Fsp3) is 0.400. The van der Waals surface area contributed by atoms with Gasteiger partial charge in [0.1, 0.15) is 0 Å². The van der Waals surface area contributed by atoms with Gasteiger partial charge >= 0.3 is 0 Å². The van der Waals surface area contributed by atoms with Gasteiger partial charge in [0, 0.05) is 11.5 Å². The summed E-state index contributed by atoms with van der Waals surface area (Å²) < 4.78 is 0. The average Bonchev–Trinajstić information content (AvgIpc) is 2.64. The summed E-state index contributed by atoms with van der Waals surface area (Å²) in [6, 6.07) is 10.9. The van der Waals surface area contributed by atoms with Crippen molar-refractivity contribution in [3.8, 4) is 0 Å². The van der Waals surface area contributed by atoms with Crippen molar-refractivity contribution in [3.05, 3.63) is 35.9 Å². The monoisotopic (exact) mass is 147 g/mol. The Balaban J connectivity index is 2.32. The van der Waals surface area contributed by atoms with Gasteiger partial charge in [-0.2, -0.15) is 0 Å². The van der Waals surface area contributed by atoms with Crippen LogP contribution in [-0.4, -0.2) is 6.04 Å². The van der Waals surface area contributed by atoms with E-state index in [2.05, 4.69) is 31.2 Å². The maximum atomic E-state index is 5.83. The summed E-state index contributed by atoms with van der Waals surface area (Å²) in [7, 11) is 0. The molecule has 0 unspecified atom stereocenters. The van der Waals surface area contributed by atoms with Crippen molar-refractivity contribution in [2.45, 2.75) is 24.8 Å². The summed E-state index contributed by atoms with van der Waals surface area (Å²) in [6.45, 7) is 2.23. The minimum Gasteiger partial charge on any atom is -0.327 e. The van der Waals surface area contributed by atoms with E-state index in [1.54, 1.807) is 0 Å². The highest BCUT2D eigenvalue weighted by atomic mass is 14.8. The number of hydrogen-bond acceptors (Lipinski definition) is 1. The zero-order chi connectivity index (χ0) is 7.90. The maximum Gasteiger partial charge on any atom is 0.0143 e. The van der Waals surface area contributed by atoms with Crippen LogP contribution in [0.5, 0.6) is 0 Å². The first kappa shape index (κ1) is 6.86. The van der Waals surface area contributed by atoms with E-state index < -0.39 is 0 Å². The minimum absolute atomic E-state index is 0.279. The Labute approximate surface area is 67.2 Å². The number of rotatable bonds is 1. The topological polar surface area (TPSA) is 26.0 Å². The second kappa shape index (κ2) is 2.08. The van der Waals surface area contributed by atoms with Crippen molar-refractivity contribution in [2.75, 3.05) is 0 Å². The second-order valence-electron chi connectivity index (χ2n) is 3.59. The molecule has 0 aliphatic heterocycles. The summed E-state index contributed by atoms with van der Waals surface area (Å²) in [4.78, 5) is 0. The molecule has 1 heteroatoms. The van der Waals surface area contributed by atoms with E-state index in [4.69, 9.17) is 5.73 Å². The molecule has 1 nitrogen and oxygen atoms in total. The Morgan fingerprint density at radius 3 is 2.36 bits per heavy atom. The highest BCUT2D eigenvalue weighted by Crippen LogP contribution is 2.46. The van der Waals surface area contributed by atoms with Gasteiger partial charge in [-0.15, -0.1) is 0 Å². The lowest BCUT2D eigenvalue weighted by atomic mass is 9.98. The van der Waals surface area contributed by atoms with Crippen LogP contribution in [0.2, 0.25) is 0 Å². The minimum atomic E-state index is 0.279. The van der Waals surface area contributed by atoms with Crippen LogP contribution in [0.15, 0.2) is 30.3 Å². The molecule has 1 aromatic carbocycles. The largest absolute Gasteiger partial charge is 0.327 e. The van der Waals surface area contributed by atoms with Crippen LogP contribution in [0.3, 0.4) is 0 Å². The van der Waals surface area contributed by atoms with Crippen LogP contribution in [0.25, 0.3) is 0 Å². The highest BCUT2D eigenvalue weighted by Gasteiger charge is 2.48. The zero-order valence-corrected chi connectivity index (χ0v) is 6.75. The molecule has 2 N–H and O–H groups in total. The van der Waals surface area contributed by atoms with Gasteiger partial charge in [0.25, 0.3) is 0 Å². The van der Waals surface area contributed by atoms with E-state index in [-0.39, 0.29) is 5.41 Å². The van der Waals surface area contributed by atoms with Crippen molar-refractivity contribution in [1.82, 2.24) is 0 Å². The van der Waals surface area contributed by atoms with Crippen molar-refractivity contribution >= 4 is 0 Å². The molecule has 0 spiro atoms. The standard InChI is InChI=1S/C10H13N/c1-10(7-9(10)11)8-5-3-2-4-6-8/h2-6,9H,7,11H2,1H3/t9-,10-/m1/s1. The Morgan fingerprint density at radius 2 is 1.91 bits per heavy atom. The third kappa shape index (κ3) is 0.962. The molecule has 1 aliphatic carbocycles. The van der Waals surface area contributed by atoms with Gasteiger partial charge in [0.05, 0.1) is 0 Å². The van der Waals surface area contributed by atoms with E-state index in [9.17, 15) is 0 Å². The predicted molar refractivity (Wildman–Crippen MR) is 46.4 cm³/mol. The van der Waals surface area contributed by atoms with Crippen LogP contribution >= 0.6 is 0 Å². The zero-order valence-electron chi connectivity index (χ0n) is 6.75.